The Morgan fingerprint density at radius 1 is 1.09 bits per heavy atom. The average Bonchev–Trinajstić information content (AvgIpc) is 2.71. The van der Waals surface area contributed by atoms with Crippen LogP contribution in [0.15, 0.2) is 24.3 Å². The highest BCUT2D eigenvalue weighted by Crippen LogP contribution is 2.26. The molecule has 0 aromatic heterocycles. The minimum atomic E-state index is -0.929. The van der Waals surface area contributed by atoms with Crippen molar-refractivity contribution in [2.45, 2.75) is 91.5 Å². The van der Waals surface area contributed by atoms with Crippen molar-refractivity contribution in [2.75, 3.05) is 12.3 Å². The zero-order valence-electron chi connectivity index (χ0n) is 21.1. The molecular formula is C25H41N3O4S. The summed E-state index contributed by atoms with van der Waals surface area (Å²) in [6, 6.07) is 5.80. The van der Waals surface area contributed by atoms with Gasteiger partial charge in [-0.1, -0.05) is 44.5 Å². The van der Waals surface area contributed by atoms with Crippen LogP contribution in [-0.4, -0.2) is 52.8 Å². The molecule has 3 amide bonds. The van der Waals surface area contributed by atoms with Crippen LogP contribution in [0.1, 0.15) is 78.0 Å². The third kappa shape index (κ3) is 9.27. The first kappa shape index (κ1) is 28.8. The van der Waals surface area contributed by atoms with E-state index in [1.54, 1.807) is 25.7 Å². The summed E-state index contributed by atoms with van der Waals surface area (Å²) < 4.78 is 5.32. The van der Waals surface area contributed by atoms with Crippen LogP contribution in [0, 0.1) is 6.92 Å². The second-order valence-electron chi connectivity index (χ2n) is 9.37. The molecule has 7 nitrogen and oxygen atoms in total. The first-order valence-electron chi connectivity index (χ1n) is 11.7. The topological polar surface area (TPSA) is 87.7 Å². The highest BCUT2D eigenvalue weighted by atomic mass is 32.1. The molecule has 0 heterocycles. The summed E-state index contributed by atoms with van der Waals surface area (Å²) in [7, 11) is 0. The predicted molar refractivity (Wildman–Crippen MR) is 135 cm³/mol. The van der Waals surface area contributed by atoms with E-state index in [2.05, 4.69) is 30.2 Å². The monoisotopic (exact) mass is 479 g/mol. The van der Waals surface area contributed by atoms with Crippen molar-refractivity contribution in [3.8, 4) is 0 Å². The normalized spacial score (nSPS) is 14.1. The van der Waals surface area contributed by atoms with Crippen LogP contribution in [-0.2, 0) is 14.3 Å². The molecule has 2 N–H and O–H groups in total. The maximum atomic E-state index is 13.6. The molecule has 0 spiro atoms. The number of rotatable bonds is 11. The standard InChI is InChI=1S/C25H41N3O4S/c1-8-12-18(4)26-22(29)21(19-14-11-10-13-17(19)3)28(15-9-2)23(30)20(16-33)27-24(31)32-25(5,6)7/h10-11,13-14,18,20-21,33H,8-9,12,15-16H2,1-7H3,(H,26,29)(H,27,31). The van der Waals surface area contributed by atoms with E-state index in [0.717, 1.165) is 24.0 Å². The maximum absolute atomic E-state index is 13.6. The third-order valence-corrected chi connectivity index (χ3v) is 5.44. The Hall–Kier alpha value is -2.22. The molecule has 0 saturated carbocycles. The number of carbonyl (C=O) groups is 3. The molecule has 1 aromatic rings. The van der Waals surface area contributed by atoms with Gasteiger partial charge in [0, 0.05) is 18.3 Å². The van der Waals surface area contributed by atoms with Gasteiger partial charge in [-0.25, -0.2) is 4.79 Å². The van der Waals surface area contributed by atoms with E-state index in [4.69, 9.17) is 4.74 Å². The zero-order valence-corrected chi connectivity index (χ0v) is 22.0. The Morgan fingerprint density at radius 3 is 2.24 bits per heavy atom. The first-order valence-corrected chi connectivity index (χ1v) is 12.3. The number of amides is 3. The molecule has 1 aromatic carbocycles. The van der Waals surface area contributed by atoms with Crippen LogP contribution in [0.5, 0.6) is 0 Å². The van der Waals surface area contributed by atoms with Gasteiger partial charge in [0.2, 0.25) is 11.8 Å². The Bertz CT molecular complexity index is 794. The van der Waals surface area contributed by atoms with Crippen LogP contribution in [0.25, 0.3) is 0 Å². The molecule has 3 unspecified atom stereocenters. The molecule has 0 fully saturated rings. The van der Waals surface area contributed by atoms with E-state index in [0.29, 0.717) is 13.0 Å². The minimum Gasteiger partial charge on any atom is -0.444 e. The molecular weight excluding hydrogens is 438 g/mol. The van der Waals surface area contributed by atoms with Crippen molar-refractivity contribution in [1.82, 2.24) is 15.5 Å². The molecule has 1 rings (SSSR count). The highest BCUT2D eigenvalue weighted by molar-refractivity contribution is 7.80. The Labute approximate surface area is 204 Å². The van der Waals surface area contributed by atoms with Crippen LogP contribution >= 0.6 is 12.6 Å². The Kier molecular flexibility index (Phi) is 11.8. The van der Waals surface area contributed by atoms with E-state index >= 15 is 0 Å². The predicted octanol–water partition coefficient (Wildman–Crippen LogP) is 4.40. The number of hydrogen-bond donors (Lipinski definition) is 3. The van der Waals surface area contributed by atoms with Gasteiger partial charge in [-0.05, 0) is 58.6 Å². The van der Waals surface area contributed by atoms with Gasteiger partial charge in [0.25, 0.3) is 0 Å². The van der Waals surface area contributed by atoms with Gasteiger partial charge in [0.15, 0.2) is 0 Å². The number of nitrogens with one attached hydrogen (secondary N) is 2. The molecule has 33 heavy (non-hydrogen) atoms. The lowest BCUT2D eigenvalue weighted by molar-refractivity contribution is -0.142. The third-order valence-electron chi connectivity index (χ3n) is 5.07. The van der Waals surface area contributed by atoms with Gasteiger partial charge < -0.3 is 20.3 Å². The van der Waals surface area contributed by atoms with Gasteiger partial charge in [-0.2, -0.15) is 12.6 Å². The summed E-state index contributed by atoms with van der Waals surface area (Å²) in [5, 5.41) is 5.69. The summed E-state index contributed by atoms with van der Waals surface area (Å²) >= 11 is 4.30. The number of benzene rings is 1. The summed E-state index contributed by atoms with van der Waals surface area (Å²) in [6.07, 6.45) is 1.74. The SMILES string of the molecule is CCCC(C)NC(=O)C(c1ccccc1C)N(CCC)C(=O)C(CS)NC(=O)OC(C)(C)C. The second kappa shape index (κ2) is 13.5. The van der Waals surface area contributed by atoms with E-state index in [1.807, 2.05) is 45.0 Å². The Balaban J connectivity index is 3.33. The molecule has 8 heteroatoms. The fourth-order valence-corrected chi connectivity index (χ4v) is 3.86. The van der Waals surface area contributed by atoms with E-state index in [9.17, 15) is 14.4 Å². The number of aryl methyl sites for hydroxylation is 1. The van der Waals surface area contributed by atoms with E-state index in [1.165, 1.54) is 0 Å². The van der Waals surface area contributed by atoms with Crippen LogP contribution in [0.4, 0.5) is 4.79 Å². The number of hydrogen-bond acceptors (Lipinski definition) is 5. The lowest BCUT2D eigenvalue weighted by Crippen LogP contribution is -2.54. The lowest BCUT2D eigenvalue weighted by atomic mass is 9.97. The molecule has 0 aliphatic rings. The van der Waals surface area contributed by atoms with Crippen molar-refractivity contribution in [3.63, 3.8) is 0 Å². The number of ether oxygens (including phenoxy) is 1. The van der Waals surface area contributed by atoms with Crippen molar-refractivity contribution < 1.29 is 19.1 Å². The number of thiol groups is 1. The van der Waals surface area contributed by atoms with Gasteiger partial charge in [0.1, 0.15) is 17.7 Å². The first-order chi connectivity index (χ1) is 15.4. The fraction of sp³-hybridized carbons (Fsp3) is 0.640. The molecule has 3 atom stereocenters. The smallest absolute Gasteiger partial charge is 0.408 e. The van der Waals surface area contributed by atoms with E-state index < -0.39 is 23.8 Å². The van der Waals surface area contributed by atoms with Gasteiger partial charge in [-0.15, -0.1) is 0 Å². The van der Waals surface area contributed by atoms with Gasteiger partial charge in [-0.3, -0.25) is 9.59 Å². The van der Waals surface area contributed by atoms with Crippen LogP contribution in [0.3, 0.4) is 0 Å². The van der Waals surface area contributed by atoms with E-state index in [-0.39, 0.29) is 23.6 Å². The zero-order chi connectivity index (χ0) is 25.2. The van der Waals surface area contributed by atoms with Crippen molar-refractivity contribution >= 4 is 30.5 Å². The largest absolute Gasteiger partial charge is 0.444 e. The molecule has 0 radical (unpaired) electrons. The molecule has 0 aliphatic carbocycles. The highest BCUT2D eigenvalue weighted by Gasteiger charge is 2.36. The van der Waals surface area contributed by atoms with Gasteiger partial charge >= 0.3 is 6.09 Å². The summed E-state index contributed by atoms with van der Waals surface area (Å²) in [6.45, 7) is 13.5. The number of nitrogens with zero attached hydrogens (tertiary/aromatic N) is 1. The quantitative estimate of drug-likeness (QED) is 0.411. The lowest BCUT2D eigenvalue weighted by Gasteiger charge is -2.35. The molecule has 186 valence electrons. The Morgan fingerprint density at radius 2 is 1.73 bits per heavy atom. The van der Waals surface area contributed by atoms with Gasteiger partial charge in [0.05, 0.1) is 0 Å². The van der Waals surface area contributed by atoms with Crippen LogP contribution < -0.4 is 10.6 Å². The molecule has 0 bridgehead atoms. The molecule has 0 saturated heterocycles. The second-order valence-corrected chi connectivity index (χ2v) is 9.74. The maximum Gasteiger partial charge on any atom is 0.408 e. The number of carbonyl (C=O) groups excluding carboxylic acids is 3. The average molecular weight is 480 g/mol. The number of alkyl carbamates (subject to hydrolysis) is 1. The van der Waals surface area contributed by atoms with Crippen molar-refractivity contribution in [2.24, 2.45) is 0 Å². The summed E-state index contributed by atoms with van der Waals surface area (Å²) in [5.74, 6) is -0.529. The van der Waals surface area contributed by atoms with Crippen molar-refractivity contribution in [3.05, 3.63) is 35.4 Å². The summed E-state index contributed by atoms with van der Waals surface area (Å²) in [5.41, 5.74) is 0.976. The molecule has 0 aliphatic heterocycles. The minimum absolute atomic E-state index is 0.0202. The van der Waals surface area contributed by atoms with Crippen molar-refractivity contribution in [1.29, 1.82) is 0 Å². The van der Waals surface area contributed by atoms with Crippen LogP contribution in [0.2, 0.25) is 0 Å². The fourth-order valence-electron chi connectivity index (χ4n) is 3.61. The summed E-state index contributed by atoms with van der Waals surface area (Å²) in [4.78, 5) is 41.0.